The van der Waals surface area contributed by atoms with E-state index in [0.29, 0.717) is 6.07 Å². The third kappa shape index (κ3) is 4.80. The third-order valence-electron chi connectivity index (χ3n) is 4.52. The molecule has 152 valence electrons. The predicted molar refractivity (Wildman–Crippen MR) is 92.6 cm³/mol. The zero-order chi connectivity index (χ0) is 19.9. The smallest absolute Gasteiger partial charge is 0.388 e. The van der Waals surface area contributed by atoms with Gasteiger partial charge in [-0.15, -0.1) is 5.10 Å². The van der Waals surface area contributed by atoms with Crippen LogP contribution in [0.2, 0.25) is 0 Å². The summed E-state index contributed by atoms with van der Waals surface area (Å²) in [7, 11) is -9.94. The van der Waals surface area contributed by atoms with Gasteiger partial charge in [-0.1, -0.05) is 19.4 Å². The predicted octanol–water partition coefficient (Wildman–Crippen LogP) is 4.49. The lowest BCUT2D eigenvalue weighted by atomic mass is 9.91. The maximum atomic E-state index is 13.4. The van der Waals surface area contributed by atoms with Gasteiger partial charge in [-0.2, -0.15) is 0 Å². The molecule has 1 atom stereocenters. The molecule has 1 fully saturated rings. The van der Waals surface area contributed by atoms with Crippen molar-refractivity contribution < 1.29 is 23.8 Å². The van der Waals surface area contributed by atoms with Gasteiger partial charge in [0.2, 0.25) is 5.89 Å². The molecule has 1 aliphatic rings. The summed E-state index contributed by atoms with van der Waals surface area (Å²) >= 11 is 0. The number of aromatic amines is 1. The quantitative estimate of drug-likeness (QED) is 0.628. The molecule has 1 aromatic heterocycles. The van der Waals surface area contributed by atoms with E-state index >= 15 is 0 Å². The summed E-state index contributed by atoms with van der Waals surface area (Å²) in [5.41, 5.74) is -0.522. The maximum Gasteiger partial charge on any atom is 0.434 e. The van der Waals surface area contributed by atoms with Crippen LogP contribution in [-0.2, 0) is 0 Å². The van der Waals surface area contributed by atoms with E-state index in [-0.39, 0.29) is 29.3 Å². The Balaban J connectivity index is 2.01. The van der Waals surface area contributed by atoms with Crippen LogP contribution in [0.5, 0.6) is 0 Å². The molecule has 6 nitrogen and oxygen atoms in total. The number of H-pyrrole nitrogens is 1. The number of hydrogen-bond donors (Lipinski definition) is 3. The zero-order valence-corrected chi connectivity index (χ0v) is 15.1. The molecule has 0 saturated carbocycles. The molecule has 0 aliphatic carbocycles. The SMILES string of the molecule is C[C@H](Nc1cc(-c2n[nH]c(=O)o2)cc(S(F)(F)(F)(F)F)c1)C1CCNCC1. The van der Waals surface area contributed by atoms with Crippen molar-refractivity contribution in [2.24, 2.45) is 5.92 Å². The highest BCUT2D eigenvalue weighted by Crippen LogP contribution is 3.02. The van der Waals surface area contributed by atoms with Crippen molar-refractivity contribution in [2.45, 2.75) is 30.7 Å². The summed E-state index contributed by atoms with van der Waals surface area (Å²) in [5.74, 6) is -1.32. The topological polar surface area (TPSA) is 83.0 Å². The van der Waals surface area contributed by atoms with Crippen molar-refractivity contribution in [1.82, 2.24) is 15.5 Å². The molecule has 0 spiro atoms. The van der Waals surface area contributed by atoms with Crippen molar-refractivity contribution >= 4 is 15.9 Å². The molecule has 0 unspecified atom stereocenters. The van der Waals surface area contributed by atoms with E-state index in [1.54, 1.807) is 6.92 Å². The van der Waals surface area contributed by atoms with E-state index in [1.165, 1.54) is 6.07 Å². The number of benzene rings is 1. The van der Waals surface area contributed by atoms with Crippen molar-refractivity contribution in [3.8, 4) is 11.5 Å². The zero-order valence-electron chi connectivity index (χ0n) is 14.3. The highest BCUT2D eigenvalue weighted by molar-refractivity contribution is 8.45. The molecule has 1 saturated heterocycles. The number of rotatable bonds is 5. The summed E-state index contributed by atoms with van der Waals surface area (Å²) < 4.78 is 71.4. The van der Waals surface area contributed by atoms with E-state index in [2.05, 4.69) is 20.1 Å². The van der Waals surface area contributed by atoms with Crippen molar-refractivity contribution in [3.05, 3.63) is 28.7 Å². The molecule has 2 heterocycles. The minimum absolute atomic E-state index is 0.146. The van der Waals surface area contributed by atoms with Gasteiger partial charge in [-0.05, 0) is 57.0 Å². The largest absolute Gasteiger partial charge is 0.434 e. The molecular weight excluding hydrogens is 395 g/mol. The fourth-order valence-corrected chi connectivity index (χ4v) is 3.81. The number of anilines is 1. The number of nitrogens with zero attached hydrogens (tertiary/aromatic N) is 1. The molecule has 27 heavy (non-hydrogen) atoms. The lowest BCUT2D eigenvalue weighted by Gasteiger charge is -2.41. The Morgan fingerprint density at radius 3 is 2.41 bits per heavy atom. The van der Waals surface area contributed by atoms with Gasteiger partial charge in [-0.3, -0.25) is 0 Å². The summed E-state index contributed by atoms with van der Waals surface area (Å²) in [5, 5.41) is 11.4. The molecule has 0 amide bonds. The Hall–Kier alpha value is -2.08. The average molecular weight is 414 g/mol. The number of hydrogen-bond acceptors (Lipinski definition) is 5. The first-order valence-corrected chi connectivity index (χ1v) is 10.2. The van der Waals surface area contributed by atoms with Crippen LogP contribution < -0.4 is 16.4 Å². The van der Waals surface area contributed by atoms with E-state index in [0.717, 1.165) is 25.9 Å². The molecule has 0 radical (unpaired) electrons. The van der Waals surface area contributed by atoms with Gasteiger partial charge < -0.3 is 15.1 Å². The first-order valence-electron chi connectivity index (χ1n) is 8.24. The van der Waals surface area contributed by atoms with Gasteiger partial charge in [-0.25, -0.2) is 9.89 Å². The van der Waals surface area contributed by atoms with Crippen LogP contribution in [0.15, 0.2) is 32.3 Å². The number of halogens is 5. The van der Waals surface area contributed by atoms with Crippen LogP contribution in [-0.4, -0.2) is 29.3 Å². The van der Waals surface area contributed by atoms with Crippen LogP contribution in [0, 0.1) is 5.92 Å². The summed E-state index contributed by atoms with van der Waals surface area (Å²) in [6, 6.07) is 1.58. The Labute approximate surface area is 151 Å². The van der Waals surface area contributed by atoms with E-state index in [9.17, 15) is 24.2 Å². The van der Waals surface area contributed by atoms with Crippen molar-refractivity contribution in [1.29, 1.82) is 0 Å². The summed E-state index contributed by atoms with van der Waals surface area (Å²) in [6.45, 7) is 3.36. The van der Waals surface area contributed by atoms with Gasteiger partial charge >= 0.3 is 16.0 Å². The molecule has 3 rings (SSSR count). The Bertz CT molecular complexity index is 890. The second-order valence-electron chi connectivity index (χ2n) is 6.65. The lowest BCUT2D eigenvalue weighted by molar-refractivity contribution is 0.343. The molecule has 1 aliphatic heterocycles. The molecule has 1 aromatic carbocycles. The molecule has 12 heteroatoms. The number of nitrogens with one attached hydrogen (secondary N) is 3. The summed E-state index contributed by atoms with van der Waals surface area (Å²) in [6.07, 6.45) is 1.63. The second-order valence-corrected chi connectivity index (χ2v) is 9.06. The average Bonchev–Trinajstić information content (AvgIpc) is 3.00. The molecule has 0 bridgehead atoms. The van der Waals surface area contributed by atoms with E-state index < -0.39 is 26.8 Å². The Kier molecular flexibility index (Phi) is 4.34. The van der Waals surface area contributed by atoms with Gasteiger partial charge in [0.1, 0.15) is 4.90 Å². The van der Waals surface area contributed by atoms with Gasteiger partial charge in [0.25, 0.3) is 0 Å². The standard InChI is InChI=1S/C15H19F5N4O2S/c1-9(10-2-4-21-5-3-10)22-12-6-11(14-23-24-15(25)26-14)7-13(8-12)27(16,17,18,19)20/h6-10,21-22H,2-5H2,1H3,(H,24,25)/t9-/m0/s1. The van der Waals surface area contributed by atoms with Crippen LogP contribution in [0.4, 0.5) is 25.1 Å². The van der Waals surface area contributed by atoms with E-state index in [4.69, 9.17) is 0 Å². The van der Waals surface area contributed by atoms with Crippen LogP contribution in [0.25, 0.3) is 11.5 Å². The Morgan fingerprint density at radius 1 is 1.19 bits per heavy atom. The van der Waals surface area contributed by atoms with Crippen molar-refractivity contribution in [2.75, 3.05) is 18.4 Å². The minimum Gasteiger partial charge on any atom is -0.388 e. The molecule has 2 aromatic rings. The monoisotopic (exact) mass is 414 g/mol. The number of piperidine rings is 1. The Morgan fingerprint density at radius 2 is 1.85 bits per heavy atom. The fraction of sp³-hybridized carbons (Fsp3) is 0.467. The first-order chi connectivity index (χ1) is 12.3. The molecular formula is C15H19F5N4O2S. The van der Waals surface area contributed by atoms with Crippen LogP contribution >= 0.6 is 10.2 Å². The summed E-state index contributed by atoms with van der Waals surface area (Å²) in [4.78, 5) is 9.00. The van der Waals surface area contributed by atoms with E-state index in [1.807, 2.05) is 5.10 Å². The first kappa shape index (κ1) is 19.7. The molecule has 3 N–H and O–H groups in total. The number of aromatic nitrogens is 2. The third-order valence-corrected chi connectivity index (χ3v) is 5.65. The van der Waals surface area contributed by atoms with Gasteiger partial charge in [0, 0.05) is 17.3 Å². The second kappa shape index (κ2) is 5.96. The normalized spacial score (nSPS) is 19.9. The van der Waals surface area contributed by atoms with Gasteiger partial charge in [0.05, 0.1) is 0 Å². The minimum atomic E-state index is -9.94. The fourth-order valence-electron chi connectivity index (χ4n) is 3.11. The van der Waals surface area contributed by atoms with Crippen LogP contribution in [0.1, 0.15) is 19.8 Å². The van der Waals surface area contributed by atoms with Crippen LogP contribution in [0.3, 0.4) is 0 Å². The van der Waals surface area contributed by atoms with Gasteiger partial charge in [0.15, 0.2) is 0 Å². The van der Waals surface area contributed by atoms with Crippen molar-refractivity contribution in [3.63, 3.8) is 0 Å². The highest BCUT2D eigenvalue weighted by atomic mass is 32.5. The lowest BCUT2D eigenvalue weighted by Crippen LogP contribution is -2.36. The highest BCUT2D eigenvalue weighted by Gasteiger charge is 2.65. The maximum absolute atomic E-state index is 13.4.